The Morgan fingerprint density at radius 3 is 2.66 bits per heavy atom. The second-order valence-corrected chi connectivity index (χ2v) is 6.61. The van der Waals surface area contributed by atoms with Gasteiger partial charge >= 0.3 is 0 Å². The van der Waals surface area contributed by atoms with Crippen LogP contribution in [0.4, 0.5) is 4.39 Å². The van der Waals surface area contributed by atoms with Gasteiger partial charge in [-0.25, -0.2) is 13.8 Å². The minimum absolute atomic E-state index is 0.0343. The number of aliphatic hydroxyl groups excluding tert-OH is 1. The van der Waals surface area contributed by atoms with Crippen LogP contribution in [0.1, 0.15) is 5.56 Å². The Bertz CT molecular complexity index is 1170. The Morgan fingerprint density at radius 2 is 1.86 bits per heavy atom. The van der Waals surface area contributed by atoms with Crippen LogP contribution in [0.3, 0.4) is 0 Å². The van der Waals surface area contributed by atoms with E-state index in [1.54, 1.807) is 29.1 Å². The van der Waals surface area contributed by atoms with E-state index in [4.69, 9.17) is 4.74 Å². The van der Waals surface area contributed by atoms with Gasteiger partial charge in [-0.3, -0.25) is 4.79 Å². The highest BCUT2D eigenvalue weighted by atomic mass is 19.1. The summed E-state index contributed by atoms with van der Waals surface area (Å²) in [4.78, 5) is 12.7. The SMILES string of the molecule is O=c1c2nn(-c3ccccc3)cc2cnn1CC(O)COCc1ccccc1F. The van der Waals surface area contributed by atoms with Crippen LogP contribution >= 0.6 is 0 Å². The molecule has 0 bridgehead atoms. The number of para-hydroxylation sites is 1. The molecule has 1 atom stereocenters. The van der Waals surface area contributed by atoms with Gasteiger partial charge in [0.2, 0.25) is 0 Å². The van der Waals surface area contributed by atoms with Gasteiger partial charge in [0.25, 0.3) is 5.56 Å². The minimum Gasteiger partial charge on any atom is -0.389 e. The lowest BCUT2D eigenvalue weighted by Gasteiger charge is -2.12. The van der Waals surface area contributed by atoms with Crippen LogP contribution in [0.25, 0.3) is 16.6 Å². The fourth-order valence-electron chi connectivity index (χ4n) is 2.97. The van der Waals surface area contributed by atoms with Crippen molar-refractivity contribution in [3.8, 4) is 5.69 Å². The highest BCUT2D eigenvalue weighted by Gasteiger charge is 2.13. The van der Waals surface area contributed by atoms with Crippen LogP contribution < -0.4 is 5.56 Å². The number of benzene rings is 2. The quantitative estimate of drug-likeness (QED) is 0.520. The van der Waals surface area contributed by atoms with Crippen molar-refractivity contribution in [2.45, 2.75) is 19.3 Å². The molecule has 0 radical (unpaired) electrons. The third-order valence-corrected chi connectivity index (χ3v) is 4.45. The molecule has 1 N–H and O–H groups in total. The number of fused-ring (bicyclic) bond motifs is 1. The normalized spacial score (nSPS) is 12.3. The molecule has 7 nitrogen and oxygen atoms in total. The van der Waals surface area contributed by atoms with Crippen molar-refractivity contribution in [1.29, 1.82) is 0 Å². The number of ether oxygens (including phenoxy) is 1. The van der Waals surface area contributed by atoms with Crippen LogP contribution in [0, 0.1) is 5.82 Å². The number of nitrogens with zero attached hydrogens (tertiary/aromatic N) is 4. The van der Waals surface area contributed by atoms with E-state index in [1.807, 2.05) is 30.3 Å². The van der Waals surface area contributed by atoms with E-state index in [0.29, 0.717) is 10.9 Å². The number of hydrogen-bond acceptors (Lipinski definition) is 5. The summed E-state index contributed by atoms with van der Waals surface area (Å²) in [7, 11) is 0. The molecule has 0 saturated heterocycles. The molecule has 0 saturated carbocycles. The van der Waals surface area contributed by atoms with E-state index in [1.165, 1.54) is 12.3 Å². The van der Waals surface area contributed by atoms with Crippen molar-refractivity contribution in [2.75, 3.05) is 6.61 Å². The summed E-state index contributed by atoms with van der Waals surface area (Å²) in [5, 5.41) is 19.3. The monoisotopic (exact) mass is 394 g/mol. The highest BCUT2D eigenvalue weighted by molar-refractivity contribution is 5.76. The number of aliphatic hydroxyl groups is 1. The third kappa shape index (κ3) is 4.23. The number of aromatic nitrogens is 4. The number of halogens is 1. The Morgan fingerprint density at radius 1 is 1.10 bits per heavy atom. The molecule has 0 fully saturated rings. The average molecular weight is 394 g/mol. The average Bonchev–Trinajstić information content (AvgIpc) is 3.17. The zero-order valence-electron chi connectivity index (χ0n) is 15.5. The zero-order chi connectivity index (χ0) is 20.2. The predicted octanol–water partition coefficient (Wildman–Crippen LogP) is 2.30. The highest BCUT2D eigenvalue weighted by Crippen LogP contribution is 2.12. The fourth-order valence-corrected chi connectivity index (χ4v) is 2.97. The van der Waals surface area contributed by atoms with Crippen LogP contribution in [0.5, 0.6) is 0 Å². The van der Waals surface area contributed by atoms with E-state index in [2.05, 4.69) is 10.2 Å². The Labute approximate surface area is 165 Å². The summed E-state index contributed by atoms with van der Waals surface area (Å²) in [6.45, 7) is -0.0736. The van der Waals surface area contributed by atoms with Crippen molar-refractivity contribution in [2.24, 2.45) is 0 Å². The molecule has 0 spiro atoms. The molecule has 2 heterocycles. The lowest BCUT2D eigenvalue weighted by molar-refractivity contribution is 0.0172. The maximum Gasteiger partial charge on any atom is 0.295 e. The summed E-state index contributed by atoms with van der Waals surface area (Å²) in [6.07, 6.45) is 2.30. The van der Waals surface area contributed by atoms with E-state index in [0.717, 1.165) is 10.4 Å². The molecule has 29 heavy (non-hydrogen) atoms. The van der Waals surface area contributed by atoms with E-state index < -0.39 is 11.7 Å². The van der Waals surface area contributed by atoms with Crippen molar-refractivity contribution in [1.82, 2.24) is 19.6 Å². The van der Waals surface area contributed by atoms with Crippen molar-refractivity contribution < 1.29 is 14.2 Å². The van der Waals surface area contributed by atoms with E-state index in [9.17, 15) is 14.3 Å². The molecule has 0 aliphatic heterocycles. The summed E-state index contributed by atoms with van der Waals surface area (Å²) >= 11 is 0. The van der Waals surface area contributed by atoms with Gasteiger partial charge in [-0.2, -0.15) is 10.2 Å². The topological polar surface area (TPSA) is 82.2 Å². The molecule has 2 aromatic heterocycles. The molecule has 4 aromatic rings. The van der Waals surface area contributed by atoms with Crippen LogP contribution in [-0.4, -0.2) is 37.4 Å². The molecular formula is C21H19FN4O3. The molecule has 2 aromatic carbocycles. The largest absolute Gasteiger partial charge is 0.389 e. The second-order valence-electron chi connectivity index (χ2n) is 6.61. The van der Waals surface area contributed by atoms with Crippen LogP contribution in [-0.2, 0) is 17.9 Å². The molecule has 8 heteroatoms. The van der Waals surface area contributed by atoms with Crippen LogP contribution in [0.2, 0.25) is 0 Å². The van der Waals surface area contributed by atoms with Gasteiger partial charge in [-0.1, -0.05) is 36.4 Å². The number of rotatable bonds is 7. The predicted molar refractivity (Wildman–Crippen MR) is 105 cm³/mol. The Hall–Kier alpha value is -3.36. The van der Waals surface area contributed by atoms with Gasteiger partial charge in [0.1, 0.15) is 5.82 Å². The standard InChI is InChI=1S/C21H19FN4O3/c22-19-9-5-4-6-15(19)13-29-14-18(27)12-26-21(28)20-16(10-23-26)11-25(24-20)17-7-2-1-3-8-17/h1-11,18,27H,12-14H2. The summed E-state index contributed by atoms with van der Waals surface area (Å²) in [6, 6.07) is 15.7. The first-order chi connectivity index (χ1) is 14.1. The first-order valence-corrected chi connectivity index (χ1v) is 9.12. The summed E-state index contributed by atoms with van der Waals surface area (Å²) in [5.41, 5.74) is 1.10. The van der Waals surface area contributed by atoms with E-state index in [-0.39, 0.29) is 31.1 Å². The maximum absolute atomic E-state index is 13.6. The molecule has 0 aliphatic rings. The second kappa shape index (κ2) is 8.34. The molecular weight excluding hydrogens is 375 g/mol. The first kappa shape index (κ1) is 19.0. The Balaban J connectivity index is 1.44. The minimum atomic E-state index is -0.972. The Kier molecular flexibility index (Phi) is 5.46. The molecule has 148 valence electrons. The zero-order valence-corrected chi connectivity index (χ0v) is 15.5. The molecule has 0 aliphatic carbocycles. The fraction of sp³-hybridized carbons (Fsp3) is 0.190. The molecule has 0 amide bonds. The van der Waals surface area contributed by atoms with Crippen molar-refractivity contribution in [3.05, 3.63) is 88.7 Å². The third-order valence-electron chi connectivity index (χ3n) is 4.45. The van der Waals surface area contributed by atoms with E-state index >= 15 is 0 Å². The lowest BCUT2D eigenvalue weighted by atomic mass is 10.2. The van der Waals surface area contributed by atoms with Crippen molar-refractivity contribution >= 4 is 10.9 Å². The summed E-state index contributed by atoms with van der Waals surface area (Å²) < 4.78 is 21.7. The van der Waals surface area contributed by atoms with Gasteiger partial charge in [0.15, 0.2) is 5.52 Å². The van der Waals surface area contributed by atoms with Gasteiger partial charge < -0.3 is 9.84 Å². The lowest BCUT2D eigenvalue weighted by Crippen LogP contribution is -2.31. The molecule has 1 unspecified atom stereocenters. The molecule has 4 rings (SSSR count). The summed E-state index contributed by atoms with van der Waals surface area (Å²) in [5.74, 6) is -0.362. The van der Waals surface area contributed by atoms with Gasteiger partial charge in [0, 0.05) is 17.1 Å². The van der Waals surface area contributed by atoms with Crippen molar-refractivity contribution in [3.63, 3.8) is 0 Å². The van der Waals surface area contributed by atoms with Gasteiger partial charge in [0.05, 0.1) is 37.7 Å². The van der Waals surface area contributed by atoms with Crippen LogP contribution in [0.15, 0.2) is 71.8 Å². The van der Waals surface area contributed by atoms with Gasteiger partial charge in [-0.05, 0) is 18.2 Å². The first-order valence-electron chi connectivity index (χ1n) is 9.12. The van der Waals surface area contributed by atoms with Gasteiger partial charge in [-0.15, -0.1) is 0 Å². The maximum atomic E-state index is 13.6. The smallest absolute Gasteiger partial charge is 0.295 e. The number of hydrogen-bond donors (Lipinski definition) is 1.